The van der Waals surface area contributed by atoms with Crippen molar-refractivity contribution >= 4 is 17.1 Å². The summed E-state index contributed by atoms with van der Waals surface area (Å²) < 4.78 is 0. The molecule has 0 fully saturated rings. The maximum absolute atomic E-state index is 6.13. The Morgan fingerprint density at radius 2 is 1.38 bits per heavy atom. The predicted octanol–water partition coefficient (Wildman–Crippen LogP) is 3.10. The smallest absolute Gasteiger partial charge is 0.0660 e. The first-order chi connectivity index (χ1) is 7.79. The lowest BCUT2D eigenvalue weighted by molar-refractivity contribution is 0.977. The highest BCUT2D eigenvalue weighted by atomic mass is 32.1. The van der Waals surface area contributed by atoms with Crippen molar-refractivity contribution in [3.05, 3.63) is 71.8 Å². The van der Waals surface area contributed by atoms with Crippen molar-refractivity contribution in [1.29, 1.82) is 0 Å². The quantitative estimate of drug-likeness (QED) is 0.644. The van der Waals surface area contributed by atoms with Crippen molar-refractivity contribution in [3.8, 4) is 0 Å². The molecular formula is C14H13NS. The molecule has 2 rings (SSSR count). The fourth-order valence-corrected chi connectivity index (χ4v) is 1.87. The molecule has 0 spiro atoms. The summed E-state index contributed by atoms with van der Waals surface area (Å²) in [7, 11) is 0. The fraction of sp³-hybridized carbons (Fsp3) is 0.0714. The molecule has 1 atom stereocenters. The molecule has 0 saturated heterocycles. The molecule has 0 saturated carbocycles. The number of nitrogens with two attached hydrogens (primary N) is 1. The van der Waals surface area contributed by atoms with Crippen LogP contribution in [0, 0.1) is 0 Å². The van der Waals surface area contributed by atoms with Crippen molar-refractivity contribution < 1.29 is 0 Å². The SMILES string of the molecule is NC(C(=S)c1ccccc1)c1ccccc1. The van der Waals surface area contributed by atoms with Crippen molar-refractivity contribution in [2.75, 3.05) is 0 Å². The van der Waals surface area contributed by atoms with Gasteiger partial charge in [0.1, 0.15) is 0 Å². The summed E-state index contributed by atoms with van der Waals surface area (Å²) in [5.41, 5.74) is 8.20. The van der Waals surface area contributed by atoms with Crippen LogP contribution in [0.4, 0.5) is 0 Å². The predicted molar refractivity (Wildman–Crippen MR) is 71.5 cm³/mol. The monoisotopic (exact) mass is 227 g/mol. The Bertz CT molecular complexity index is 465. The molecule has 2 aromatic rings. The molecule has 1 nitrogen and oxygen atoms in total. The molecule has 2 aromatic carbocycles. The van der Waals surface area contributed by atoms with E-state index in [0.29, 0.717) is 0 Å². The first-order valence-corrected chi connectivity index (χ1v) is 5.59. The molecule has 0 aliphatic carbocycles. The highest BCUT2D eigenvalue weighted by Crippen LogP contribution is 2.16. The number of hydrogen-bond acceptors (Lipinski definition) is 2. The highest BCUT2D eigenvalue weighted by molar-refractivity contribution is 7.81. The number of rotatable bonds is 3. The van der Waals surface area contributed by atoms with Gasteiger partial charge in [0, 0.05) is 4.86 Å². The standard InChI is InChI=1S/C14H13NS/c15-13(11-7-3-1-4-8-11)14(16)12-9-5-2-6-10-12/h1-10,13H,15H2. The van der Waals surface area contributed by atoms with Gasteiger partial charge in [0.2, 0.25) is 0 Å². The number of benzene rings is 2. The molecule has 0 amide bonds. The van der Waals surface area contributed by atoms with Gasteiger partial charge >= 0.3 is 0 Å². The van der Waals surface area contributed by atoms with Crippen LogP contribution in [0.2, 0.25) is 0 Å². The molecule has 2 heteroatoms. The third kappa shape index (κ3) is 2.35. The largest absolute Gasteiger partial charge is 0.320 e. The van der Waals surface area contributed by atoms with Crippen molar-refractivity contribution in [2.45, 2.75) is 6.04 Å². The van der Waals surface area contributed by atoms with Crippen LogP contribution < -0.4 is 5.73 Å². The van der Waals surface area contributed by atoms with E-state index >= 15 is 0 Å². The van der Waals surface area contributed by atoms with E-state index in [1.807, 2.05) is 60.7 Å². The van der Waals surface area contributed by atoms with Crippen LogP contribution in [0.3, 0.4) is 0 Å². The van der Waals surface area contributed by atoms with Crippen LogP contribution in [0.15, 0.2) is 60.7 Å². The Hall–Kier alpha value is -1.51. The lowest BCUT2D eigenvalue weighted by atomic mass is 10.00. The fourth-order valence-electron chi connectivity index (χ4n) is 1.59. The first kappa shape index (κ1) is 11.0. The maximum atomic E-state index is 6.13. The summed E-state index contributed by atoms with van der Waals surface area (Å²) in [6.45, 7) is 0. The van der Waals surface area contributed by atoms with Gasteiger partial charge in [0.25, 0.3) is 0 Å². The van der Waals surface area contributed by atoms with E-state index in [0.717, 1.165) is 16.0 Å². The Morgan fingerprint density at radius 3 is 1.94 bits per heavy atom. The molecular weight excluding hydrogens is 214 g/mol. The molecule has 0 aliphatic heterocycles. The minimum absolute atomic E-state index is 0.210. The Labute approximate surface area is 101 Å². The summed E-state index contributed by atoms with van der Waals surface area (Å²) in [5.74, 6) is 0. The van der Waals surface area contributed by atoms with Gasteiger partial charge in [-0.1, -0.05) is 72.9 Å². The Balaban J connectivity index is 2.24. The second-order valence-electron chi connectivity index (χ2n) is 3.62. The van der Waals surface area contributed by atoms with Gasteiger partial charge in [-0.25, -0.2) is 0 Å². The minimum atomic E-state index is -0.210. The minimum Gasteiger partial charge on any atom is -0.320 e. The zero-order valence-electron chi connectivity index (χ0n) is 8.84. The van der Waals surface area contributed by atoms with Gasteiger partial charge in [-0.05, 0) is 11.1 Å². The van der Waals surface area contributed by atoms with Gasteiger partial charge < -0.3 is 5.73 Å². The third-order valence-corrected chi connectivity index (χ3v) is 2.99. The summed E-state index contributed by atoms with van der Waals surface area (Å²) in [6, 6.07) is 19.6. The van der Waals surface area contributed by atoms with Gasteiger partial charge in [0.05, 0.1) is 6.04 Å². The van der Waals surface area contributed by atoms with E-state index in [4.69, 9.17) is 18.0 Å². The lowest BCUT2D eigenvalue weighted by Crippen LogP contribution is -2.20. The van der Waals surface area contributed by atoms with Gasteiger partial charge in [-0.3, -0.25) is 0 Å². The Morgan fingerprint density at radius 1 is 0.875 bits per heavy atom. The van der Waals surface area contributed by atoms with Crippen LogP contribution in [0.1, 0.15) is 17.2 Å². The molecule has 0 aromatic heterocycles. The molecule has 0 heterocycles. The van der Waals surface area contributed by atoms with Gasteiger partial charge in [-0.2, -0.15) is 0 Å². The lowest BCUT2D eigenvalue weighted by Gasteiger charge is -2.13. The van der Waals surface area contributed by atoms with Crippen LogP contribution >= 0.6 is 12.2 Å². The van der Waals surface area contributed by atoms with Gasteiger partial charge in [-0.15, -0.1) is 0 Å². The molecule has 0 aliphatic rings. The molecule has 80 valence electrons. The van der Waals surface area contributed by atoms with Crippen molar-refractivity contribution in [2.24, 2.45) is 5.73 Å². The molecule has 16 heavy (non-hydrogen) atoms. The topological polar surface area (TPSA) is 26.0 Å². The molecule has 1 unspecified atom stereocenters. The van der Waals surface area contributed by atoms with E-state index in [2.05, 4.69) is 0 Å². The van der Waals surface area contributed by atoms with Crippen LogP contribution in [0.5, 0.6) is 0 Å². The average Bonchev–Trinajstić information content (AvgIpc) is 2.39. The van der Waals surface area contributed by atoms with E-state index < -0.39 is 0 Å². The zero-order valence-corrected chi connectivity index (χ0v) is 9.65. The normalized spacial score (nSPS) is 12.1. The van der Waals surface area contributed by atoms with Crippen LogP contribution in [-0.2, 0) is 0 Å². The van der Waals surface area contributed by atoms with Crippen molar-refractivity contribution in [3.63, 3.8) is 0 Å². The van der Waals surface area contributed by atoms with Gasteiger partial charge in [0.15, 0.2) is 0 Å². The first-order valence-electron chi connectivity index (χ1n) is 5.19. The van der Waals surface area contributed by atoms with Crippen molar-refractivity contribution in [1.82, 2.24) is 0 Å². The third-order valence-electron chi connectivity index (χ3n) is 2.50. The van der Waals surface area contributed by atoms with E-state index in [9.17, 15) is 0 Å². The summed E-state index contributed by atoms with van der Waals surface area (Å²) >= 11 is 5.40. The number of thiocarbonyl (C=S) groups is 1. The second-order valence-corrected chi connectivity index (χ2v) is 4.06. The summed E-state index contributed by atoms with van der Waals surface area (Å²) in [5, 5.41) is 0. The average molecular weight is 227 g/mol. The molecule has 2 N–H and O–H groups in total. The highest BCUT2D eigenvalue weighted by Gasteiger charge is 2.12. The second kappa shape index (κ2) is 5.01. The van der Waals surface area contributed by atoms with E-state index in [1.165, 1.54) is 0 Å². The number of hydrogen-bond donors (Lipinski definition) is 1. The summed E-state index contributed by atoms with van der Waals surface area (Å²) in [4.78, 5) is 0.784. The maximum Gasteiger partial charge on any atom is 0.0660 e. The summed E-state index contributed by atoms with van der Waals surface area (Å²) in [6.07, 6.45) is 0. The Kier molecular flexibility index (Phi) is 3.44. The van der Waals surface area contributed by atoms with E-state index in [-0.39, 0.29) is 6.04 Å². The molecule has 0 bridgehead atoms. The zero-order chi connectivity index (χ0) is 11.4. The van der Waals surface area contributed by atoms with E-state index in [1.54, 1.807) is 0 Å². The van der Waals surface area contributed by atoms with Crippen LogP contribution in [0.25, 0.3) is 0 Å². The molecule has 0 radical (unpaired) electrons. The van der Waals surface area contributed by atoms with Crippen LogP contribution in [-0.4, -0.2) is 4.86 Å².